The number of carbonyl (C=O) groups is 2. The summed E-state index contributed by atoms with van der Waals surface area (Å²) in [6, 6.07) is 16.6. The van der Waals surface area contributed by atoms with Crippen molar-refractivity contribution in [3.63, 3.8) is 0 Å². The minimum atomic E-state index is -4.16. The second-order valence-corrected chi connectivity index (χ2v) is 11.5. The first-order valence-corrected chi connectivity index (χ1v) is 14.2. The molecule has 2 saturated heterocycles. The number of carbonyl (C=O) groups excluding carboxylic acids is 2. The van der Waals surface area contributed by atoms with Crippen molar-refractivity contribution in [1.29, 1.82) is 0 Å². The molecule has 0 aromatic heterocycles. The molecule has 3 aromatic rings. The molecule has 8 nitrogen and oxygen atoms in total. The largest absolute Gasteiger partial charge is 0.321 e. The fourth-order valence-corrected chi connectivity index (χ4v) is 7.19. The van der Waals surface area contributed by atoms with Crippen molar-refractivity contribution in [2.75, 3.05) is 25.0 Å². The topological polar surface area (TPSA) is 108 Å². The Morgan fingerprint density at radius 3 is 2.30 bits per heavy atom. The highest BCUT2D eigenvalue weighted by Gasteiger charge is 2.41. The Balaban J connectivity index is 1.55. The first-order valence-electron chi connectivity index (χ1n) is 12.8. The predicted molar refractivity (Wildman–Crippen MR) is 144 cm³/mol. The SMILES string of the molecule is Cc1ccccc1C(=O)Nc1ccc(S(=O)(=O)N(C(=O)C2CCCN2)C2CCNCC2)c2ccccc12. The summed E-state index contributed by atoms with van der Waals surface area (Å²) >= 11 is 0. The minimum absolute atomic E-state index is 0.0712. The van der Waals surface area contributed by atoms with Crippen LogP contribution in [0.25, 0.3) is 10.8 Å². The maximum absolute atomic E-state index is 14.2. The molecule has 1 atom stereocenters. The highest BCUT2D eigenvalue weighted by atomic mass is 32.2. The van der Waals surface area contributed by atoms with Crippen LogP contribution in [0.2, 0.25) is 0 Å². The van der Waals surface area contributed by atoms with Crippen molar-refractivity contribution in [3.8, 4) is 0 Å². The lowest BCUT2D eigenvalue weighted by Crippen LogP contribution is -2.53. The minimum Gasteiger partial charge on any atom is -0.321 e. The molecule has 2 aliphatic rings. The number of nitrogens with one attached hydrogen (secondary N) is 3. The highest BCUT2D eigenvalue weighted by Crippen LogP contribution is 2.34. The van der Waals surface area contributed by atoms with E-state index in [1.165, 1.54) is 6.07 Å². The second kappa shape index (κ2) is 10.6. The molecule has 2 aliphatic heterocycles. The number of hydrogen-bond donors (Lipinski definition) is 3. The molecule has 5 rings (SSSR count). The van der Waals surface area contributed by atoms with Crippen molar-refractivity contribution < 1.29 is 18.0 Å². The normalized spacial score (nSPS) is 18.6. The number of sulfonamides is 1. The van der Waals surface area contributed by atoms with Crippen LogP contribution in [0.15, 0.2) is 65.6 Å². The lowest BCUT2D eigenvalue weighted by Gasteiger charge is -2.35. The molecule has 2 fully saturated rings. The van der Waals surface area contributed by atoms with E-state index >= 15 is 0 Å². The van der Waals surface area contributed by atoms with Gasteiger partial charge in [-0.05, 0) is 76.0 Å². The van der Waals surface area contributed by atoms with E-state index in [0.29, 0.717) is 60.9 Å². The summed E-state index contributed by atoms with van der Waals surface area (Å²) < 4.78 is 29.6. The average Bonchev–Trinajstić information content (AvgIpc) is 3.45. The third kappa shape index (κ3) is 4.99. The van der Waals surface area contributed by atoms with E-state index < -0.39 is 22.1 Å². The second-order valence-electron chi connectivity index (χ2n) is 9.70. The highest BCUT2D eigenvalue weighted by molar-refractivity contribution is 7.90. The predicted octanol–water partition coefficient (Wildman–Crippen LogP) is 3.42. The van der Waals surface area contributed by atoms with Gasteiger partial charge in [-0.2, -0.15) is 0 Å². The summed E-state index contributed by atoms with van der Waals surface area (Å²) in [5, 5.41) is 10.4. The van der Waals surface area contributed by atoms with Gasteiger partial charge < -0.3 is 16.0 Å². The number of amides is 2. The molecule has 3 N–H and O–H groups in total. The fraction of sp³-hybridized carbons (Fsp3) is 0.357. The summed E-state index contributed by atoms with van der Waals surface area (Å²) in [6.07, 6.45) is 2.61. The standard InChI is InChI=1S/C28H32N4O4S/c1-19-7-2-3-8-21(19)27(33)31-24-12-13-26(23-10-5-4-9-22(23)24)37(35,36)32(20-14-17-29-18-15-20)28(34)25-11-6-16-30-25/h2-5,7-10,12-13,20,25,29-30H,6,11,14-18H2,1H3,(H,31,33). The van der Waals surface area contributed by atoms with Gasteiger partial charge in [-0.15, -0.1) is 0 Å². The summed E-state index contributed by atoms with van der Waals surface area (Å²) in [6.45, 7) is 3.89. The van der Waals surface area contributed by atoms with Crippen LogP contribution < -0.4 is 16.0 Å². The monoisotopic (exact) mass is 520 g/mol. The quantitative estimate of drug-likeness (QED) is 0.460. The number of fused-ring (bicyclic) bond motifs is 1. The van der Waals surface area contributed by atoms with Crippen molar-refractivity contribution in [2.45, 2.75) is 49.6 Å². The van der Waals surface area contributed by atoms with Gasteiger partial charge in [-0.3, -0.25) is 9.59 Å². The Morgan fingerprint density at radius 2 is 1.59 bits per heavy atom. The fourth-order valence-electron chi connectivity index (χ4n) is 5.31. The number of benzene rings is 3. The van der Waals surface area contributed by atoms with Crippen LogP contribution in [0.5, 0.6) is 0 Å². The molecule has 2 amide bonds. The van der Waals surface area contributed by atoms with E-state index in [-0.39, 0.29) is 16.7 Å². The van der Waals surface area contributed by atoms with Crippen LogP contribution in [-0.2, 0) is 14.8 Å². The molecule has 37 heavy (non-hydrogen) atoms. The number of anilines is 1. The lowest BCUT2D eigenvalue weighted by molar-refractivity contribution is -0.130. The Hall–Kier alpha value is -3.27. The first kappa shape index (κ1) is 25.4. The summed E-state index contributed by atoms with van der Waals surface area (Å²) in [4.78, 5) is 26.7. The number of rotatable bonds is 6. The van der Waals surface area contributed by atoms with Gasteiger partial charge in [0.15, 0.2) is 0 Å². The molecular formula is C28H32N4O4S. The Kier molecular flexibility index (Phi) is 7.28. The van der Waals surface area contributed by atoms with Gasteiger partial charge in [0, 0.05) is 22.0 Å². The van der Waals surface area contributed by atoms with Gasteiger partial charge in [0.2, 0.25) is 0 Å². The smallest absolute Gasteiger partial charge is 0.267 e. The van der Waals surface area contributed by atoms with Gasteiger partial charge in [0.1, 0.15) is 0 Å². The number of nitrogens with zero attached hydrogens (tertiary/aromatic N) is 1. The van der Waals surface area contributed by atoms with E-state index in [2.05, 4.69) is 16.0 Å². The van der Waals surface area contributed by atoms with Gasteiger partial charge in [-0.25, -0.2) is 12.7 Å². The van der Waals surface area contributed by atoms with E-state index in [0.717, 1.165) is 16.3 Å². The molecule has 0 spiro atoms. The number of aryl methyl sites for hydroxylation is 1. The third-order valence-corrected chi connectivity index (χ3v) is 9.18. The third-order valence-electron chi connectivity index (χ3n) is 7.27. The molecule has 1 unspecified atom stereocenters. The van der Waals surface area contributed by atoms with Crippen LogP contribution in [0, 0.1) is 6.92 Å². The Bertz CT molecular complexity index is 1430. The van der Waals surface area contributed by atoms with E-state index in [9.17, 15) is 18.0 Å². The van der Waals surface area contributed by atoms with Gasteiger partial charge in [0.05, 0.1) is 17.0 Å². The summed E-state index contributed by atoms with van der Waals surface area (Å²) in [7, 11) is -4.16. The molecule has 2 heterocycles. The molecule has 0 radical (unpaired) electrons. The van der Waals surface area contributed by atoms with Crippen molar-refractivity contribution in [1.82, 2.24) is 14.9 Å². The molecule has 9 heteroatoms. The average molecular weight is 521 g/mol. The Labute approximate surface area is 217 Å². The van der Waals surface area contributed by atoms with Crippen molar-refractivity contribution >= 4 is 38.3 Å². The van der Waals surface area contributed by atoms with Crippen molar-refractivity contribution in [3.05, 3.63) is 71.8 Å². The van der Waals surface area contributed by atoms with Crippen LogP contribution in [-0.4, -0.2) is 56.3 Å². The van der Waals surface area contributed by atoms with Crippen LogP contribution in [0.3, 0.4) is 0 Å². The van der Waals surface area contributed by atoms with E-state index in [1.807, 2.05) is 19.1 Å². The van der Waals surface area contributed by atoms with Crippen LogP contribution >= 0.6 is 0 Å². The maximum atomic E-state index is 14.2. The van der Waals surface area contributed by atoms with E-state index in [4.69, 9.17) is 0 Å². The lowest BCUT2D eigenvalue weighted by atomic mass is 10.1. The van der Waals surface area contributed by atoms with E-state index in [1.54, 1.807) is 42.5 Å². The van der Waals surface area contributed by atoms with Crippen LogP contribution in [0.4, 0.5) is 5.69 Å². The summed E-state index contributed by atoms with van der Waals surface area (Å²) in [5.41, 5.74) is 1.91. The molecular weight excluding hydrogens is 488 g/mol. The zero-order valence-electron chi connectivity index (χ0n) is 20.9. The Morgan fingerprint density at radius 1 is 0.892 bits per heavy atom. The zero-order valence-corrected chi connectivity index (χ0v) is 21.7. The molecule has 0 aliphatic carbocycles. The first-order chi connectivity index (χ1) is 17.9. The van der Waals surface area contributed by atoms with Gasteiger partial charge in [-0.1, -0.05) is 42.5 Å². The number of hydrogen-bond acceptors (Lipinski definition) is 6. The van der Waals surface area contributed by atoms with Crippen LogP contribution in [0.1, 0.15) is 41.6 Å². The molecule has 0 saturated carbocycles. The number of piperidine rings is 1. The molecule has 194 valence electrons. The summed E-state index contributed by atoms with van der Waals surface area (Å²) in [5.74, 6) is -0.650. The molecule has 3 aromatic carbocycles. The van der Waals surface area contributed by atoms with Gasteiger partial charge >= 0.3 is 0 Å². The maximum Gasteiger partial charge on any atom is 0.267 e. The zero-order chi connectivity index (χ0) is 26.0. The van der Waals surface area contributed by atoms with Gasteiger partial charge in [0.25, 0.3) is 21.8 Å². The van der Waals surface area contributed by atoms with Crippen molar-refractivity contribution in [2.24, 2.45) is 0 Å². The molecule has 0 bridgehead atoms.